The van der Waals surface area contributed by atoms with Gasteiger partial charge in [-0.2, -0.15) is 0 Å². The molecule has 164 valence electrons. The first-order valence-corrected chi connectivity index (χ1v) is 11.8. The fourth-order valence-electron chi connectivity index (χ4n) is 4.03. The first kappa shape index (κ1) is 20.7. The summed E-state index contributed by atoms with van der Waals surface area (Å²) in [7, 11) is -2.09. The van der Waals surface area contributed by atoms with E-state index in [-0.39, 0.29) is 23.9 Å². The Morgan fingerprint density at radius 2 is 1.72 bits per heavy atom. The predicted molar refractivity (Wildman–Crippen MR) is 118 cm³/mol. The molecule has 2 aromatic carbocycles. The summed E-state index contributed by atoms with van der Waals surface area (Å²) in [6.45, 7) is 0.212. The van der Waals surface area contributed by atoms with Crippen molar-refractivity contribution in [1.29, 1.82) is 0 Å². The van der Waals surface area contributed by atoms with Gasteiger partial charge in [-0.1, -0.05) is 24.3 Å². The fraction of sp³-hybridized carbons (Fsp3) is 0.250. The third-order valence-electron chi connectivity index (χ3n) is 6.14. The molecule has 1 fully saturated rings. The molecule has 0 spiro atoms. The van der Waals surface area contributed by atoms with E-state index in [0.29, 0.717) is 17.2 Å². The number of ketones is 1. The number of carbonyl (C=O) groups excluding carboxylic acids is 1. The summed E-state index contributed by atoms with van der Waals surface area (Å²) in [6.07, 6.45) is 3.62. The van der Waals surface area contributed by atoms with E-state index in [0.717, 1.165) is 29.5 Å². The molecule has 0 amide bonds. The molecular formula is C24H22N2O5S. The standard InChI is InChI=1S/C24H22N2O5S/c1-25-32(28,29)20-7-3-16(4-8-20)17-2-6-19(26-14-17)13-23(27)24(10-11-24)18-5-9-21-22(12-18)31-15-30-21/h2-9,12,14,25H,10-11,13,15H2,1H3. The second-order valence-corrected chi connectivity index (χ2v) is 9.91. The van der Waals surface area contributed by atoms with Crippen LogP contribution in [0.2, 0.25) is 0 Å². The molecule has 32 heavy (non-hydrogen) atoms. The molecule has 5 rings (SSSR count). The van der Waals surface area contributed by atoms with Gasteiger partial charge in [0.1, 0.15) is 5.78 Å². The quantitative estimate of drug-likeness (QED) is 0.594. The largest absolute Gasteiger partial charge is 0.454 e. The molecule has 1 aliphatic carbocycles. The average molecular weight is 451 g/mol. The van der Waals surface area contributed by atoms with Crippen LogP contribution < -0.4 is 14.2 Å². The second-order valence-electron chi connectivity index (χ2n) is 8.02. The molecule has 1 N–H and O–H groups in total. The summed E-state index contributed by atoms with van der Waals surface area (Å²) >= 11 is 0. The van der Waals surface area contributed by atoms with Gasteiger partial charge in [-0.15, -0.1) is 0 Å². The van der Waals surface area contributed by atoms with Crippen molar-refractivity contribution in [3.8, 4) is 22.6 Å². The zero-order valence-corrected chi connectivity index (χ0v) is 18.3. The normalized spacial score (nSPS) is 16.0. The first-order chi connectivity index (χ1) is 15.4. The summed E-state index contributed by atoms with van der Waals surface area (Å²) in [5.41, 5.74) is 2.92. The summed E-state index contributed by atoms with van der Waals surface area (Å²) in [5, 5.41) is 0. The van der Waals surface area contributed by atoms with Crippen LogP contribution in [0.3, 0.4) is 0 Å². The van der Waals surface area contributed by atoms with Crippen LogP contribution in [0.5, 0.6) is 11.5 Å². The summed E-state index contributed by atoms with van der Waals surface area (Å²) in [5.74, 6) is 1.56. The molecule has 1 saturated carbocycles. The van der Waals surface area contributed by atoms with Gasteiger partial charge in [0, 0.05) is 23.9 Å². The number of hydrogen-bond acceptors (Lipinski definition) is 6. The number of hydrogen-bond donors (Lipinski definition) is 1. The number of pyridine rings is 1. The van der Waals surface area contributed by atoms with E-state index in [1.807, 2.05) is 30.3 Å². The number of nitrogens with one attached hydrogen (secondary N) is 1. The number of aromatic nitrogens is 1. The number of ether oxygens (including phenoxy) is 2. The third-order valence-corrected chi connectivity index (χ3v) is 7.57. The van der Waals surface area contributed by atoms with E-state index in [9.17, 15) is 13.2 Å². The molecule has 2 heterocycles. The number of rotatable bonds is 7. The Morgan fingerprint density at radius 3 is 2.38 bits per heavy atom. The molecule has 0 radical (unpaired) electrons. The number of nitrogens with zero attached hydrogens (tertiary/aromatic N) is 1. The van der Waals surface area contributed by atoms with Gasteiger partial charge in [0.05, 0.1) is 10.3 Å². The maximum absolute atomic E-state index is 13.1. The fourth-order valence-corrected chi connectivity index (χ4v) is 4.76. The molecule has 0 saturated heterocycles. The lowest BCUT2D eigenvalue weighted by atomic mass is 9.88. The zero-order chi connectivity index (χ0) is 22.3. The van der Waals surface area contributed by atoms with Crippen molar-refractivity contribution in [1.82, 2.24) is 9.71 Å². The maximum atomic E-state index is 13.1. The lowest BCUT2D eigenvalue weighted by molar-refractivity contribution is -0.120. The predicted octanol–water partition coefficient (Wildman–Crippen LogP) is 3.23. The number of benzene rings is 2. The molecule has 8 heteroatoms. The van der Waals surface area contributed by atoms with Gasteiger partial charge < -0.3 is 9.47 Å². The lowest BCUT2D eigenvalue weighted by Crippen LogP contribution is -2.22. The highest BCUT2D eigenvalue weighted by Crippen LogP contribution is 2.51. The number of sulfonamides is 1. The molecule has 1 aromatic heterocycles. The number of carbonyl (C=O) groups is 1. The molecule has 1 aliphatic heterocycles. The van der Waals surface area contributed by atoms with Gasteiger partial charge in [-0.3, -0.25) is 9.78 Å². The third kappa shape index (κ3) is 3.65. The molecule has 7 nitrogen and oxygen atoms in total. The summed E-state index contributed by atoms with van der Waals surface area (Å²) in [6, 6.07) is 16.1. The Bertz CT molecular complexity index is 1280. The highest BCUT2D eigenvalue weighted by Gasteiger charge is 2.50. The number of fused-ring (bicyclic) bond motifs is 1. The van der Waals surface area contributed by atoms with Crippen LogP contribution in [-0.4, -0.2) is 33.0 Å². The van der Waals surface area contributed by atoms with E-state index >= 15 is 0 Å². The van der Waals surface area contributed by atoms with Crippen molar-refractivity contribution in [2.75, 3.05) is 13.8 Å². The smallest absolute Gasteiger partial charge is 0.240 e. The van der Waals surface area contributed by atoms with Crippen LogP contribution in [0.4, 0.5) is 0 Å². The Morgan fingerprint density at radius 1 is 1.00 bits per heavy atom. The molecule has 0 bridgehead atoms. The SMILES string of the molecule is CNS(=O)(=O)c1ccc(-c2ccc(CC(=O)C3(c4ccc5c(c4)OCO5)CC3)nc2)cc1. The average Bonchev–Trinajstić information content (AvgIpc) is 3.50. The molecule has 3 aromatic rings. The Labute approximate surface area is 186 Å². The van der Waals surface area contributed by atoms with Crippen LogP contribution in [0.15, 0.2) is 65.7 Å². The van der Waals surface area contributed by atoms with Crippen LogP contribution in [0.1, 0.15) is 24.1 Å². The van der Waals surface area contributed by atoms with Gasteiger partial charge in [-0.25, -0.2) is 13.1 Å². The van der Waals surface area contributed by atoms with Gasteiger partial charge >= 0.3 is 0 Å². The van der Waals surface area contributed by atoms with Crippen molar-refractivity contribution < 1.29 is 22.7 Å². The van der Waals surface area contributed by atoms with Crippen LogP contribution in [0, 0.1) is 0 Å². The topological polar surface area (TPSA) is 94.6 Å². The Kier molecular flexibility index (Phi) is 4.98. The first-order valence-electron chi connectivity index (χ1n) is 10.3. The molecule has 0 unspecified atom stereocenters. The van der Waals surface area contributed by atoms with E-state index < -0.39 is 15.4 Å². The van der Waals surface area contributed by atoms with Crippen LogP contribution >= 0.6 is 0 Å². The minimum Gasteiger partial charge on any atom is -0.454 e. The van der Waals surface area contributed by atoms with Crippen molar-refractivity contribution in [3.63, 3.8) is 0 Å². The summed E-state index contributed by atoms with van der Waals surface area (Å²) in [4.78, 5) is 17.8. The molecular weight excluding hydrogens is 428 g/mol. The van der Waals surface area contributed by atoms with Gasteiger partial charge in [0.25, 0.3) is 0 Å². The van der Waals surface area contributed by atoms with Gasteiger partial charge in [0.15, 0.2) is 11.5 Å². The van der Waals surface area contributed by atoms with E-state index in [4.69, 9.17) is 9.47 Å². The van der Waals surface area contributed by atoms with Crippen molar-refractivity contribution in [2.24, 2.45) is 0 Å². The maximum Gasteiger partial charge on any atom is 0.240 e. The number of Topliss-reactive ketones (excluding diaryl/α,β-unsaturated/α-hetero) is 1. The molecule has 2 aliphatic rings. The van der Waals surface area contributed by atoms with Crippen LogP contribution in [0.25, 0.3) is 11.1 Å². The Balaban J connectivity index is 1.30. The van der Waals surface area contributed by atoms with E-state index in [1.54, 1.807) is 30.5 Å². The van der Waals surface area contributed by atoms with Crippen molar-refractivity contribution in [3.05, 3.63) is 72.1 Å². The summed E-state index contributed by atoms with van der Waals surface area (Å²) < 4.78 is 36.9. The monoisotopic (exact) mass is 450 g/mol. The zero-order valence-electron chi connectivity index (χ0n) is 17.5. The highest BCUT2D eigenvalue weighted by molar-refractivity contribution is 7.89. The minimum atomic E-state index is -3.47. The van der Waals surface area contributed by atoms with Crippen molar-refractivity contribution >= 4 is 15.8 Å². The van der Waals surface area contributed by atoms with Gasteiger partial charge in [-0.05, 0) is 61.3 Å². The highest BCUT2D eigenvalue weighted by atomic mass is 32.2. The molecule has 0 atom stereocenters. The Hall–Kier alpha value is -3.23. The van der Waals surface area contributed by atoms with Gasteiger partial charge in [0.2, 0.25) is 16.8 Å². The minimum absolute atomic E-state index is 0.151. The second kappa shape index (κ2) is 7.72. The van der Waals surface area contributed by atoms with Crippen LogP contribution in [-0.2, 0) is 26.7 Å². The van der Waals surface area contributed by atoms with Crippen molar-refractivity contribution in [2.45, 2.75) is 29.6 Å². The van der Waals surface area contributed by atoms with E-state index in [1.165, 1.54) is 7.05 Å². The lowest BCUT2D eigenvalue weighted by Gasteiger charge is -2.15. The van der Waals surface area contributed by atoms with E-state index in [2.05, 4.69) is 9.71 Å².